The molecule has 21 heavy (non-hydrogen) atoms. The Hall–Kier alpha value is -0.340. The van der Waals surface area contributed by atoms with Crippen molar-refractivity contribution < 1.29 is 0 Å². The molecule has 1 nitrogen and oxygen atoms in total. The molecule has 1 aliphatic carbocycles. The molecule has 1 fully saturated rings. The molecule has 1 N–H and O–H groups in total. The van der Waals surface area contributed by atoms with Gasteiger partial charge in [-0.25, -0.2) is 0 Å². The van der Waals surface area contributed by atoms with E-state index in [1.54, 1.807) is 0 Å². The summed E-state index contributed by atoms with van der Waals surface area (Å²) in [5, 5.41) is 3.76. The molecule has 3 atom stereocenters. The third-order valence-electron chi connectivity index (χ3n) is 5.19. The van der Waals surface area contributed by atoms with Crippen LogP contribution in [0.2, 0.25) is 0 Å². The fourth-order valence-electron chi connectivity index (χ4n) is 4.07. The van der Waals surface area contributed by atoms with Gasteiger partial charge in [-0.05, 0) is 54.7 Å². The average Bonchev–Trinajstić information content (AvgIpc) is 2.41. The summed E-state index contributed by atoms with van der Waals surface area (Å²) in [4.78, 5) is 0. The van der Waals surface area contributed by atoms with E-state index in [1.807, 2.05) is 0 Å². The molecule has 2 heteroatoms. The maximum atomic E-state index is 3.76. The molecule has 3 unspecified atom stereocenters. The lowest BCUT2D eigenvalue weighted by Gasteiger charge is -2.45. The standard InChI is InChI=1S/C19H30BrN/c1-5-21-18-12-14(2)10-11-16(18)19(3,4)13-15-8-6-7-9-17(15)20/h6-9,14,16,18,21H,5,10-13H2,1-4H3. The first-order valence-electron chi connectivity index (χ1n) is 8.41. The van der Waals surface area contributed by atoms with Gasteiger partial charge in [-0.2, -0.15) is 0 Å². The molecule has 0 amide bonds. The first kappa shape index (κ1) is 17.0. The largest absolute Gasteiger partial charge is 0.314 e. The van der Waals surface area contributed by atoms with Gasteiger partial charge in [0, 0.05) is 10.5 Å². The minimum Gasteiger partial charge on any atom is -0.314 e. The zero-order valence-electron chi connectivity index (χ0n) is 14.0. The highest BCUT2D eigenvalue weighted by molar-refractivity contribution is 9.10. The second-order valence-electron chi connectivity index (χ2n) is 7.45. The van der Waals surface area contributed by atoms with E-state index in [0.717, 1.165) is 24.8 Å². The van der Waals surface area contributed by atoms with Crippen LogP contribution in [-0.2, 0) is 6.42 Å². The van der Waals surface area contributed by atoms with Crippen molar-refractivity contribution in [3.05, 3.63) is 34.3 Å². The number of nitrogens with one attached hydrogen (secondary N) is 1. The van der Waals surface area contributed by atoms with Gasteiger partial charge >= 0.3 is 0 Å². The fourth-order valence-corrected chi connectivity index (χ4v) is 4.49. The van der Waals surface area contributed by atoms with Gasteiger partial charge in [-0.15, -0.1) is 0 Å². The lowest BCUT2D eigenvalue weighted by Crippen LogP contribution is -2.47. The predicted molar refractivity (Wildman–Crippen MR) is 95.6 cm³/mol. The monoisotopic (exact) mass is 351 g/mol. The molecule has 1 aliphatic rings. The van der Waals surface area contributed by atoms with Gasteiger partial charge in [-0.3, -0.25) is 0 Å². The molecular weight excluding hydrogens is 322 g/mol. The van der Waals surface area contributed by atoms with Gasteiger partial charge in [-0.1, -0.05) is 68.2 Å². The van der Waals surface area contributed by atoms with Crippen LogP contribution in [0.25, 0.3) is 0 Å². The van der Waals surface area contributed by atoms with Crippen LogP contribution in [0.15, 0.2) is 28.7 Å². The zero-order valence-corrected chi connectivity index (χ0v) is 15.5. The predicted octanol–water partition coefficient (Wildman–Crippen LogP) is 5.43. The number of hydrogen-bond donors (Lipinski definition) is 1. The van der Waals surface area contributed by atoms with Crippen LogP contribution >= 0.6 is 15.9 Å². The molecule has 0 bridgehead atoms. The van der Waals surface area contributed by atoms with Crippen molar-refractivity contribution in [1.29, 1.82) is 0 Å². The molecule has 0 aliphatic heterocycles. The number of halogens is 1. The molecule has 0 radical (unpaired) electrons. The maximum Gasteiger partial charge on any atom is 0.0207 e. The van der Waals surface area contributed by atoms with Crippen molar-refractivity contribution in [1.82, 2.24) is 5.32 Å². The molecule has 0 spiro atoms. The lowest BCUT2D eigenvalue weighted by molar-refractivity contribution is 0.0948. The quantitative estimate of drug-likeness (QED) is 0.745. The van der Waals surface area contributed by atoms with Crippen molar-refractivity contribution in [3.8, 4) is 0 Å². The van der Waals surface area contributed by atoms with Crippen molar-refractivity contribution in [2.75, 3.05) is 6.54 Å². The van der Waals surface area contributed by atoms with Gasteiger partial charge in [0.25, 0.3) is 0 Å². The Balaban J connectivity index is 2.14. The summed E-state index contributed by atoms with van der Waals surface area (Å²) in [7, 11) is 0. The Labute approximate surface area is 139 Å². The van der Waals surface area contributed by atoms with Gasteiger partial charge < -0.3 is 5.32 Å². The molecule has 1 saturated carbocycles. The van der Waals surface area contributed by atoms with E-state index in [-0.39, 0.29) is 0 Å². The van der Waals surface area contributed by atoms with Crippen LogP contribution in [-0.4, -0.2) is 12.6 Å². The van der Waals surface area contributed by atoms with Gasteiger partial charge in [0.15, 0.2) is 0 Å². The van der Waals surface area contributed by atoms with E-state index >= 15 is 0 Å². The van der Waals surface area contributed by atoms with E-state index in [2.05, 4.69) is 73.2 Å². The molecular formula is C19H30BrN. The minimum absolute atomic E-state index is 0.330. The highest BCUT2D eigenvalue weighted by Crippen LogP contribution is 2.43. The molecule has 2 rings (SSSR count). The normalized spacial score (nSPS) is 26.8. The summed E-state index contributed by atoms with van der Waals surface area (Å²) in [5.74, 6) is 1.63. The topological polar surface area (TPSA) is 12.0 Å². The summed E-state index contributed by atoms with van der Waals surface area (Å²) >= 11 is 3.71. The molecule has 0 heterocycles. The highest BCUT2D eigenvalue weighted by Gasteiger charge is 2.38. The molecule has 0 aromatic heterocycles. The molecule has 1 aromatic carbocycles. The lowest BCUT2D eigenvalue weighted by atomic mass is 9.64. The van der Waals surface area contributed by atoms with Crippen molar-refractivity contribution >= 4 is 15.9 Å². The second-order valence-corrected chi connectivity index (χ2v) is 8.30. The fraction of sp³-hybridized carbons (Fsp3) is 0.684. The Morgan fingerprint density at radius 2 is 1.95 bits per heavy atom. The van der Waals surface area contributed by atoms with Crippen molar-refractivity contribution in [3.63, 3.8) is 0 Å². The summed E-state index contributed by atoms with van der Waals surface area (Å²) < 4.78 is 1.25. The summed E-state index contributed by atoms with van der Waals surface area (Å²) in [6, 6.07) is 9.36. The third kappa shape index (κ3) is 4.32. The zero-order chi connectivity index (χ0) is 15.5. The van der Waals surface area contributed by atoms with E-state index < -0.39 is 0 Å². The van der Waals surface area contributed by atoms with Crippen LogP contribution in [0.4, 0.5) is 0 Å². The molecule has 118 valence electrons. The Morgan fingerprint density at radius 1 is 1.24 bits per heavy atom. The minimum atomic E-state index is 0.330. The Morgan fingerprint density at radius 3 is 2.62 bits per heavy atom. The number of rotatable bonds is 5. The number of benzene rings is 1. The third-order valence-corrected chi connectivity index (χ3v) is 5.96. The van der Waals surface area contributed by atoms with Crippen molar-refractivity contribution in [2.24, 2.45) is 17.3 Å². The average molecular weight is 352 g/mol. The Kier molecular flexibility index (Phi) is 5.90. The first-order valence-corrected chi connectivity index (χ1v) is 9.20. The molecule has 1 aromatic rings. The Bertz CT molecular complexity index is 455. The highest BCUT2D eigenvalue weighted by atomic mass is 79.9. The van der Waals surface area contributed by atoms with E-state index in [0.29, 0.717) is 11.5 Å². The SMILES string of the molecule is CCNC1CC(C)CCC1C(C)(C)Cc1ccccc1Br. The van der Waals surface area contributed by atoms with Gasteiger partial charge in [0.1, 0.15) is 0 Å². The maximum absolute atomic E-state index is 3.76. The van der Waals surface area contributed by atoms with E-state index in [9.17, 15) is 0 Å². The smallest absolute Gasteiger partial charge is 0.0207 e. The summed E-state index contributed by atoms with van der Waals surface area (Å²) in [6.45, 7) is 10.6. The van der Waals surface area contributed by atoms with Crippen LogP contribution in [0.5, 0.6) is 0 Å². The molecule has 0 saturated heterocycles. The van der Waals surface area contributed by atoms with Gasteiger partial charge in [0.2, 0.25) is 0 Å². The van der Waals surface area contributed by atoms with E-state index in [1.165, 1.54) is 29.3 Å². The first-order chi connectivity index (χ1) is 9.94. The van der Waals surface area contributed by atoms with E-state index in [4.69, 9.17) is 0 Å². The number of hydrogen-bond acceptors (Lipinski definition) is 1. The summed E-state index contributed by atoms with van der Waals surface area (Å²) in [5.41, 5.74) is 1.77. The second kappa shape index (κ2) is 7.28. The van der Waals surface area contributed by atoms with Crippen LogP contribution in [0.1, 0.15) is 52.5 Å². The van der Waals surface area contributed by atoms with Crippen molar-refractivity contribution in [2.45, 2.75) is 59.4 Å². The van der Waals surface area contributed by atoms with Crippen LogP contribution < -0.4 is 5.32 Å². The van der Waals surface area contributed by atoms with Crippen LogP contribution in [0, 0.1) is 17.3 Å². The summed E-state index contributed by atoms with van der Waals surface area (Å²) in [6.07, 6.45) is 5.22. The van der Waals surface area contributed by atoms with Gasteiger partial charge in [0.05, 0.1) is 0 Å². The van der Waals surface area contributed by atoms with Crippen LogP contribution in [0.3, 0.4) is 0 Å².